The number of nitrogens with zero attached hydrogens (tertiary/aromatic N) is 3. The third-order valence-electron chi connectivity index (χ3n) is 4.81. The maximum absolute atomic E-state index is 6.10. The van der Waals surface area contributed by atoms with Crippen LogP contribution < -0.4 is 5.73 Å². The van der Waals surface area contributed by atoms with E-state index in [9.17, 15) is 0 Å². The van der Waals surface area contributed by atoms with E-state index in [0.29, 0.717) is 6.04 Å². The van der Waals surface area contributed by atoms with Gasteiger partial charge in [0.15, 0.2) is 0 Å². The van der Waals surface area contributed by atoms with E-state index >= 15 is 0 Å². The highest BCUT2D eigenvalue weighted by atomic mass is 15.3. The quantitative estimate of drug-likeness (QED) is 0.747. The van der Waals surface area contributed by atoms with Crippen LogP contribution in [-0.2, 0) is 0 Å². The Balaban J connectivity index is 2.08. The molecule has 0 amide bonds. The van der Waals surface area contributed by atoms with Crippen molar-refractivity contribution in [2.45, 2.75) is 24.9 Å². The standard InChI is InChI=1S/C13H28N4/c1-11-7-17(8-12(11)15(2)3)13(9-14)5-6-16(4)10-13/h11-12H,5-10,14H2,1-4H3. The molecule has 2 heterocycles. The average molecular weight is 240 g/mol. The molecule has 2 fully saturated rings. The van der Waals surface area contributed by atoms with Gasteiger partial charge in [-0.15, -0.1) is 0 Å². The fourth-order valence-corrected chi connectivity index (χ4v) is 3.62. The van der Waals surface area contributed by atoms with Crippen molar-refractivity contribution in [2.24, 2.45) is 11.7 Å². The van der Waals surface area contributed by atoms with Crippen LogP contribution in [0.4, 0.5) is 0 Å². The van der Waals surface area contributed by atoms with Crippen LogP contribution in [0.25, 0.3) is 0 Å². The molecule has 17 heavy (non-hydrogen) atoms. The smallest absolute Gasteiger partial charge is 0.0471 e. The predicted molar refractivity (Wildman–Crippen MR) is 72.1 cm³/mol. The lowest BCUT2D eigenvalue weighted by atomic mass is 9.96. The molecule has 3 unspecified atom stereocenters. The Morgan fingerprint density at radius 3 is 2.47 bits per heavy atom. The van der Waals surface area contributed by atoms with E-state index in [1.165, 1.54) is 26.1 Å². The molecular weight excluding hydrogens is 212 g/mol. The van der Waals surface area contributed by atoms with E-state index in [4.69, 9.17) is 5.73 Å². The van der Waals surface area contributed by atoms with E-state index in [2.05, 4.69) is 42.8 Å². The Labute approximate surface area is 106 Å². The zero-order chi connectivity index (χ0) is 12.6. The minimum absolute atomic E-state index is 0.244. The molecule has 0 aromatic rings. The zero-order valence-electron chi connectivity index (χ0n) is 11.8. The van der Waals surface area contributed by atoms with E-state index in [-0.39, 0.29) is 5.54 Å². The Morgan fingerprint density at radius 1 is 1.35 bits per heavy atom. The van der Waals surface area contributed by atoms with Crippen LogP contribution >= 0.6 is 0 Å². The largest absolute Gasteiger partial charge is 0.329 e. The Bertz CT molecular complexity index is 268. The Morgan fingerprint density at radius 2 is 2.06 bits per heavy atom. The van der Waals surface area contributed by atoms with Gasteiger partial charge >= 0.3 is 0 Å². The molecule has 2 aliphatic rings. The van der Waals surface area contributed by atoms with Gasteiger partial charge in [0.2, 0.25) is 0 Å². The zero-order valence-corrected chi connectivity index (χ0v) is 11.8. The summed E-state index contributed by atoms with van der Waals surface area (Å²) < 4.78 is 0. The molecule has 0 radical (unpaired) electrons. The molecule has 0 aliphatic carbocycles. The van der Waals surface area contributed by atoms with E-state index in [1.807, 2.05) is 0 Å². The van der Waals surface area contributed by atoms with Crippen molar-refractivity contribution in [3.05, 3.63) is 0 Å². The van der Waals surface area contributed by atoms with Crippen LogP contribution in [0.5, 0.6) is 0 Å². The van der Waals surface area contributed by atoms with Crippen LogP contribution in [0.3, 0.4) is 0 Å². The first-order valence-electron chi connectivity index (χ1n) is 6.78. The number of nitrogens with two attached hydrogens (primary N) is 1. The first kappa shape index (κ1) is 13.3. The Kier molecular flexibility index (Phi) is 3.78. The van der Waals surface area contributed by atoms with Gasteiger partial charge in [0.1, 0.15) is 0 Å². The fourth-order valence-electron chi connectivity index (χ4n) is 3.62. The maximum atomic E-state index is 6.10. The van der Waals surface area contributed by atoms with Crippen LogP contribution in [-0.4, -0.2) is 80.1 Å². The monoisotopic (exact) mass is 240 g/mol. The summed E-state index contributed by atoms with van der Waals surface area (Å²) in [6.45, 7) is 7.87. The molecule has 0 aromatic heterocycles. The SMILES string of the molecule is CC1CN(C2(CN)CCN(C)C2)CC1N(C)C. The van der Waals surface area contributed by atoms with E-state index in [0.717, 1.165) is 19.0 Å². The molecule has 4 heteroatoms. The van der Waals surface area contributed by atoms with Gasteiger partial charge in [0, 0.05) is 37.8 Å². The van der Waals surface area contributed by atoms with Crippen LogP contribution in [0.15, 0.2) is 0 Å². The van der Waals surface area contributed by atoms with Gasteiger partial charge in [0.05, 0.1) is 0 Å². The van der Waals surface area contributed by atoms with Gasteiger partial charge in [-0.2, -0.15) is 0 Å². The van der Waals surface area contributed by atoms with Gasteiger partial charge < -0.3 is 15.5 Å². The van der Waals surface area contributed by atoms with Gasteiger partial charge in [-0.1, -0.05) is 6.92 Å². The van der Waals surface area contributed by atoms with Crippen LogP contribution in [0, 0.1) is 5.92 Å². The number of hydrogen-bond donors (Lipinski definition) is 1. The summed E-state index contributed by atoms with van der Waals surface area (Å²) in [4.78, 5) is 7.44. The van der Waals surface area contributed by atoms with Gasteiger partial charge in [-0.25, -0.2) is 0 Å². The van der Waals surface area contributed by atoms with Gasteiger partial charge in [-0.3, -0.25) is 4.90 Å². The first-order valence-corrected chi connectivity index (χ1v) is 6.78. The third kappa shape index (κ3) is 2.36. The summed E-state index contributed by atoms with van der Waals surface area (Å²) >= 11 is 0. The molecule has 0 saturated carbocycles. The molecule has 2 saturated heterocycles. The van der Waals surface area contributed by atoms with Gasteiger partial charge in [-0.05, 0) is 40.0 Å². The Hall–Kier alpha value is -0.160. The van der Waals surface area contributed by atoms with Crippen molar-refractivity contribution >= 4 is 0 Å². The normalized spacial score (nSPS) is 40.6. The molecule has 0 aromatic carbocycles. The highest BCUT2D eigenvalue weighted by Gasteiger charge is 2.45. The second-order valence-electron chi connectivity index (χ2n) is 6.33. The van der Waals surface area contributed by atoms with Crippen molar-refractivity contribution in [1.29, 1.82) is 0 Å². The minimum atomic E-state index is 0.244. The van der Waals surface area contributed by atoms with Crippen molar-refractivity contribution in [3.8, 4) is 0 Å². The second-order valence-corrected chi connectivity index (χ2v) is 6.33. The molecule has 2 aliphatic heterocycles. The topological polar surface area (TPSA) is 35.7 Å². The number of hydrogen-bond acceptors (Lipinski definition) is 4. The maximum Gasteiger partial charge on any atom is 0.0471 e. The summed E-state index contributed by atoms with van der Waals surface area (Å²) in [6, 6.07) is 0.685. The van der Waals surface area contributed by atoms with E-state index < -0.39 is 0 Å². The predicted octanol–water partition coefficient (Wildman–Crippen LogP) is -0.0987. The van der Waals surface area contributed by atoms with E-state index in [1.54, 1.807) is 0 Å². The van der Waals surface area contributed by atoms with Crippen LogP contribution in [0.2, 0.25) is 0 Å². The molecule has 0 bridgehead atoms. The lowest BCUT2D eigenvalue weighted by Crippen LogP contribution is -2.55. The molecule has 2 rings (SSSR count). The summed E-state index contributed by atoms with van der Waals surface area (Å²) in [5, 5.41) is 0. The number of likely N-dealkylation sites (tertiary alicyclic amines) is 2. The van der Waals surface area contributed by atoms with Crippen molar-refractivity contribution in [2.75, 3.05) is 53.9 Å². The molecule has 4 nitrogen and oxygen atoms in total. The first-order chi connectivity index (χ1) is 7.98. The second kappa shape index (κ2) is 4.84. The highest BCUT2D eigenvalue weighted by Crippen LogP contribution is 2.32. The lowest BCUT2D eigenvalue weighted by Gasteiger charge is -2.38. The molecular formula is C13H28N4. The molecule has 3 atom stereocenters. The highest BCUT2D eigenvalue weighted by molar-refractivity contribution is 5.03. The number of likely N-dealkylation sites (N-methyl/N-ethyl adjacent to an activating group) is 2. The minimum Gasteiger partial charge on any atom is -0.329 e. The van der Waals surface area contributed by atoms with Crippen molar-refractivity contribution < 1.29 is 0 Å². The average Bonchev–Trinajstić information content (AvgIpc) is 2.83. The lowest BCUT2D eigenvalue weighted by molar-refractivity contribution is 0.121. The fraction of sp³-hybridized carbons (Fsp3) is 1.00. The van der Waals surface area contributed by atoms with Crippen LogP contribution in [0.1, 0.15) is 13.3 Å². The summed E-state index contributed by atoms with van der Waals surface area (Å²) in [7, 11) is 6.60. The van der Waals surface area contributed by atoms with Crippen molar-refractivity contribution in [3.63, 3.8) is 0 Å². The third-order valence-corrected chi connectivity index (χ3v) is 4.81. The summed E-state index contributed by atoms with van der Waals surface area (Å²) in [6.07, 6.45) is 1.23. The van der Waals surface area contributed by atoms with Crippen molar-refractivity contribution in [1.82, 2.24) is 14.7 Å². The molecule has 2 N–H and O–H groups in total. The summed E-state index contributed by atoms with van der Waals surface area (Å²) in [5.41, 5.74) is 6.34. The molecule has 0 spiro atoms. The number of rotatable bonds is 3. The summed E-state index contributed by atoms with van der Waals surface area (Å²) in [5.74, 6) is 0.749. The van der Waals surface area contributed by atoms with Gasteiger partial charge in [0.25, 0.3) is 0 Å². The molecule has 100 valence electrons.